The van der Waals surface area contributed by atoms with Crippen molar-refractivity contribution in [3.8, 4) is 0 Å². The highest BCUT2D eigenvalue weighted by Crippen LogP contribution is 2.40. The number of nitrogens with one attached hydrogen (secondary N) is 2. The maximum Gasteiger partial charge on any atom is 0.239 e. The first-order valence-electron chi connectivity index (χ1n) is 11.4. The fourth-order valence-corrected chi connectivity index (χ4v) is 4.22. The fourth-order valence-electron chi connectivity index (χ4n) is 4.22. The normalized spacial score (nSPS) is 21.0. The molecule has 2 N–H and O–H groups in total. The number of piperidine rings is 1. The zero-order chi connectivity index (χ0) is 20.6. The van der Waals surface area contributed by atoms with E-state index in [1.54, 1.807) is 6.20 Å². The smallest absolute Gasteiger partial charge is 0.239 e. The molecule has 2 aliphatic rings. The molecular formula is C22H37N5O2. The van der Waals surface area contributed by atoms with Gasteiger partial charge in [-0.15, -0.1) is 0 Å². The molecule has 0 bridgehead atoms. The number of amides is 2. The van der Waals surface area contributed by atoms with Crippen LogP contribution in [0.25, 0.3) is 0 Å². The van der Waals surface area contributed by atoms with E-state index in [1.807, 2.05) is 10.7 Å². The first-order chi connectivity index (χ1) is 14.1. The Morgan fingerprint density at radius 3 is 2.83 bits per heavy atom. The van der Waals surface area contributed by atoms with Crippen LogP contribution in [0.5, 0.6) is 0 Å². The molecule has 1 aliphatic carbocycles. The summed E-state index contributed by atoms with van der Waals surface area (Å²) in [6, 6.07) is 2.18. The van der Waals surface area contributed by atoms with E-state index in [1.165, 1.54) is 32.1 Å². The van der Waals surface area contributed by atoms with Gasteiger partial charge in [-0.25, -0.2) is 4.68 Å². The van der Waals surface area contributed by atoms with E-state index in [4.69, 9.17) is 0 Å². The third-order valence-electron chi connectivity index (χ3n) is 6.20. The molecule has 1 aromatic heterocycles. The third-order valence-corrected chi connectivity index (χ3v) is 6.20. The molecule has 2 fully saturated rings. The molecule has 2 heterocycles. The van der Waals surface area contributed by atoms with Crippen molar-refractivity contribution in [3.05, 3.63) is 12.3 Å². The summed E-state index contributed by atoms with van der Waals surface area (Å²) in [5.41, 5.74) is 0. The van der Waals surface area contributed by atoms with Gasteiger partial charge in [0.05, 0.1) is 24.7 Å². The van der Waals surface area contributed by atoms with Crippen molar-refractivity contribution in [1.82, 2.24) is 20.0 Å². The highest BCUT2D eigenvalue weighted by molar-refractivity contribution is 5.91. The van der Waals surface area contributed by atoms with E-state index >= 15 is 0 Å². The van der Waals surface area contributed by atoms with Crippen molar-refractivity contribution >= 4 is 17.6 Å². The fraction of sp³-hybridized carbons (Fsp3) is 0.773. The molecule has 1 saturated carbocycles. The maximum absolute atomic E-state index is 12.6. The molecule has 1 aliphatic heterocycles. The second-order valence-corrected chi connectivity index (χ2v) is 8.71. The number of likely N-dealkylation sites (tertiary alicyclic amines) is 1. The van der Waals surface area contributed by atoms with E-state index in [0.717, 1.165) is 38.2 Å². The summed E-state index contributed by atoms with van der Waals surface area (Å²) in [6.45, 7) is 6.96. The average molecular weight is 404 g/mol. The summed E-state index contributed by atoms with van der Waals surface area (Å²) >= 11 is 0. The predicted molar refractivity (Wildman–Crippen MR) is 115 cm³/mol. The van der Waals surface area contributed by atoms with Gasteiger partial charge in [-0.05, 0) is 51.5 Å². The summed E-state index contributed by atoms with van der Waals surface area (Å²) in [4.78, 5) is 27.2. The Bertz CT molecular complexity index is 670. The number of nitrogens with zero attached hydrogens (tertiary/aromatic N) is 3. The Kier molecular flexibility index (Phi) is 8.09. The minimum Gasteiger partial charge on any atom is -0.356 e. The van der Waals surface area contributed by atoms with E-state index in [2.05, 4.69) is 34.5 Å². The standard InChI is InChI=1S/C22H37N5O2/c1-3-4-5-6-12-23-22(29)19-8-7-14-26(15-19)16-21(28)25-20-11-13-24-27(20)17(2)18-9-10-18/h11,13,17-19H,3-10,12,14-16H2,1-2H3,(H,23,29)(H,25,28). The van der Waals surface area contributed by atoms with Crippen LogP contribution in [0, 0.1) is 11.8 Å². The Morgan fingerprint density at radius 2 is 2.07 bits per heavy atom. The number of hydrogen-bond donors (Lipinski definition) is 2. The summed E-state index contributed by atoms with van der Waals surface area (Å²) in [5.74, 6) is 1.54. The zero-order valence-corrected chi connectivity index (χ0v) is 18.0. The molecular weight excluding hydrogens is 366 g/mol. The molecule has 2 amide bonds. The second kappa shape index (κ2) is 10.8. The van der Waals surface area contributed by atoms with Crippen molar-refractivity contribution in [3.63, 3.8) is 0 Å². The minimum atomic E-state index is -0.0321. The van der Waals surface area contributed by atoms with Crippen molar-refractivity contribution in [1.29, 1.82) is 0 Å². The third kappa shape index (κ3) is 6.56. The number of carbonyl (C=O) groups is 2. The van der Waals surface area contributed by atoms with Gasteiger partial charge in [0.2, 0.25) is 11.8 Å². The Hall–Kier alpha value is -1.89. The second-order valence-electron chi connectivity index (χ2n) is 8.71. The highest BCUT2D eigenvalue weighted by atomic mass is 16.2. The van der Waals surface area contributed by atoms with Gasteiger partial charge in [-0.3, -0.25) is 14.5 Å². The van der Waals surface area contributed by atoms with E-state index in [0.29, 0.717) is 25.0 Å². The summed E-state index contributed by atoms with van der Waals surface area (Å²) < 4.78 is 1.93. The molecule has 29 heavy (non-hydrogen) atoms. The Balaban J connectivity index is 1.42. The number of hydrogen-bond acceptors (Lipinski definition) is 4. The van der Waals surface area contributed by atoms with Crippen LogP contribution in [-0.4, -0.2) is 52.7 Å². The van der Waals surface area contributed by atoms with Crippen molar-refractivity contribution in [2.24, 2.45) is 11.8 Å². The van der Waals surface area contributed by atoms with Gasteiger partial charge < -0.3 is 10.6 Å². The van der Waals surface area contributed by atoms with Crippen LogP contribution in [-0.2, 0) is 9.59 Å². The minimum absolute atomic E-state index is 0.0110. The molecule has 1 aromatic rings. The van der Waals surface area contributed by atoms with Crippen LogP contribution < -0.4 is 10.6 Å². The molecule has 3 rings (SSSR count). The Morgan fingerprint density at radius 1 is 1.24 bits per heavy atom. The van der Waals surface area contributed by atoms with Gasteiger partial charge in [-0.2, -0.15) is 5.10 Å². The lowest BCUT2D eigenvalue weighted by molar-refractivity contribution is -0.128. The molecule has 2 unspecified atom stereocenters. The van der Waals surface area contributed by atoms with Crippen LogP contribution in [0.3, 0.4) is 0 Å². The van der Waals surface area contributed by atoms with Crippen LogP contribution in [0.2, 0.25) is 0 Å². The summed E-state index contributed by atoms with van der Waals surface area (Å²) in [5, 5.41) is 10.5. The number of carbonyl (C=O) groups excluding carboxylic acids is 2. The number of rotatable bonds is 11. The largest absolute Gasteiger partial charge is 0.356 e. The van der Waals surface area contributed by atoms with Crippen molar-refractivity contribution in [2.45, 2.75) is 71.3 Å². The van der Waals surface area contributed by atoms with Crippen LogP contribution in [0.4, 0.5) is 5.82 Å². The van der Waals surface area contributed by atoms with Gasteiger partial charge in [0.1, 0.15) is 5.82 Å². The van der Waals surface area contributed by atoms with Crippen molar-refractivity contribution in [2.75, 3.05) is 31.5 Å². The van der Waals surface area contributed by atoms with Crippen LogP contribution in [0.1, 0.15) is 71.3 Å². The SMILES string of the molecule is CCCCCCNC(=O)C1CCCN(CC(=O)Nc2ccnn2C(C)C2CC2)C1. The summed E-state index contributed by atoms with van der Waals surface area (Å²) in [6.07, 6.45) is 10.7. The number of unbranched alkanes of at least 4 members (excludes halogenated alkanes) is 3. The van der Waals surface area contributed by atoms with Gasteiger partial charge in [0.15, 0.2) is 0 Å². The first-order valence-corrected chi connectivity index (χ1v) is 11.4. The summed E-state index contributed by atoms with van der Waals surface area (Å²) in [7, 11) is 0. The van der Waals surface area contributed by atoms with Crippen LogP contribution in [0.15, 0.2) is 12.3 Å². The zero-order valence-electron chi connectivity index (χ0n) is 18.0. The molecule has 0 aromatic carbocycles. The van der Waals surface area contributed by atoms with Crippen molar-refractivity contribution < 1.29 is 9.59 Å². The monoisotopic (exact) mass is 403 g/mol. The molecule has 7 nitrogen and oxygen atoms in total. The average Bonchev–Trinajstić information content (AvgIpc) is 3.47. The molecule has 0 spiro atoms. The van der Waals surface area contributed by atoms with Gasteiger partial charge >= 0.3 is 0 Å². The maximum atomic E-state index is 12.6. The first kappa shape index (κ1) is 21.8. The Labute approximate surface area is 174 Å². The quantitative estimate of drug-likeness (QED) is 0.556. The molecule has 7 heteroatoms. The lowest BCUT2D eigenvalue weighted by Gasteiger charge is -2.31. The molecule has 162 valence electrons. The predicted octanol–water partition coefficient (Wildman–Crippen LogP) is 3.20. The molecule has 2 atom stereocenters. The van der Waals surface area contributed by atoms with Gasteiger partial charge in [0.25, 0.3) is 0 Å². The van der Waals surface area contributed by atoms with Gasteiger partial charge in [0, 0.05) is 19.2 Å². The highest BCUT2D eigenvalue weighted by Gasteiger charge is 2.31. The van der Waals surface area contributed by atoms with E-state index in [9.17, 15) is 9.59 Å². The molecule has 0 radical (unpaired) electrons. The van der Waals surface area contributed by atoms with E-state index in [-0.39, 0.29) is 17.7 Å². The van der Waals surface area contributed by atoms with E-state index < -0.39 is 0 Å². The lowest BCUT2D eigenvalue weighted by Crippen LogP contribution is -2.45. The number of aromatic nitrogens is 2. The number of anilines is 1. The van der Waals surface area contributed by atoms with Crippen LogP contribution >= 0.6 is 0 Å². The van der Waals surface area contributed by atoms with Gasteiger partial charge in [-0.1, -0.05) is 26.2 Å². The lowest BCUT2D eigenvalue weighted by atomic mass is 9.97. The molecule has 1 saturated heterocycles. The topological polar surface area (TPSA) is 79.3 Å².